The first-order chi connectivity index (χ1) is 8.67. The van der Waals surface area contributed by atoms with Crippen molar-refractivity contribution in [1.29, 1.82) is 0 Å². The molecule has 1 aromatic rings. The van der Waals surface area contributed by atoms with E-state index >= 15 is 0 Å². The molecule has 0 saturated heterocycles. The van der Waals surface area contributed by atoms with Crippen LogP contribution in [0.5, 0.6) is 5.75 Å². The molecule has 1 atom stereocenters. The Morgan fingerprint density at radius 3 is 2.78 bits per heavy atom. The summed E-state index contributed by atoms with van der Waals surface area (Å²) in [6.07, 6.45) is 4.39. The van der Waals surface area contributed by atoms with Gasteiger partial charge in [-0.1, -0.05) is 12.1 Å². The fourth-order valence-corrected chi connectivity index (χ4v) is 2.22. The summed E-state index contributed by atoms with van der Waals surface area (Å²) in [5.74, 6) is 0.365. The third-order valence-electron chi connectivity index (χ3n) is 3.56. The van der Waals surface area contributed by atoms with Gasteiger partial charge >= 0.3 is 0 Å². The highest BCUT2D eigenvalue weighted by atomic mass is 16.3. The predicted octanol–water partition coefficient (Wildman–Crippen LogP) is 2.83. The van der Waals surface area contributed by atoms with Gasteiger partial charge in [0.05, 0.1) is 0 Å². The molecule has 0 bridgehead atoms. The molecule has 3 nitrogen and oxygen atoms in total. The van der Waals surface area contributed by atoms with Gasteiger partial charge in [0.15, 0.2) is 0 Å². The summed E-state index contributed by atoms with van der Waals surface area (Å²) in [6, 6.07) is 6.74. The van der Waals surface area contributed by atoms with E-state index in [0.29, 0.717) is 11.8 Å². The summed E-state index contributed by atoms with van der Waals surface area (Å²) in [4.78, 5) is 2.31. The normalized spacial score (nSPS) is 16.3. The number of anilines is 1. The summed E-state index contributed by atoms with van der Waals surface area (Å²) >= 11 is 0. The van der Waals surface area contributed by atoms with Crippen LogP contribution < -0.4 is 10.2 Å². The zero-order valence-corrected chi connectivity index (χ0v) is 11.2. The first kappa shape index (κ1) is 13.0. The number of aromatic hydroxyl groups is 1. The van der Waals surface area contributed by atoms with Gasteiger partial charge in [0.2, 0.25) is 0 Å². The van der Waals surface area contributed by atoms with Crippen LogP contribution in [-0.2, 0) is 0 Å². The Balaban J connectivity index is 2.23. The maximum Gasteiger partial charge on any atom is 0.122 e. The van der Waals surface area contributed by atoms with Crippen molar-refractivity contribution in [2.75, 3.05) is 18.5 Å². The number of hydrogen-bond acceptors (Lipinski definition) is 3. The molecule has 0 spiro atoms. The molecule has 1 unspecified atom stereocenters. The Bertz CT molecular complexity index is 427. The molecule has 1 fully saturated rings. The summed E-state index contributed by atoms with van der Waals surface area (Å²) < 4.78 is 0. The van der Waals surface area contributed by atoms with E-state index in [4.69, 9.17) is 0 Å². The minimum absolute atomic E-state index is 0.160. The highest BCUT2D eigenvalue weighted by Gasteiger charge is 2.28. The lowest BCUT2D eigenvalue weighted by Crippen LogP contribution is -2.25. The fourth-order valence-electron chi connectivity index (χ4n) is 2.22. The lowest BCUT2D eigenvalue weighted by Gasteiger charge is -2.24. The summed E-state index contributed by atoms with van der Waals surface area (Å²) in [5, 5.41) is 13.3. The predicted molar refractivity (Wildman–Crippen MR) is 76.1 cm³/mol. The number of phenols is 1. The zero-order valence-electron chi connectivity index (χ0n) is 11.2. The van der Waals surface area contributed by atoms with E-state index in [-0.39, 0.29) is 6.04 Å². The van der Waals surface area contributed by atoms with Crippen molar-refractivity contribution in [2.45, 2.75) is 31.8 Å². The average molecular weight is 246 g/mol. The number of rotatable bonds is 6. The lowest BCUT2D eigenvalue weighted by atomic mass is 10.1. The van der Waals surface area contributed by atoms with Gasteiger partial charge in [0.25, 0.3) is 0 Å². The average Bonchev–Trinajstić information content (AvgIpc) is 3.19. The molecule has 0 heterocycles. The molecule has 18 heavy (non-hydrogen) atoms. The Hall–Kier alpha value is -1.48. The van der Waals surface area contributed by atoms with Crippen LogP contribution in [-0.4, -0.2) is 24.7 Å². The van der Waals surface area contributed by atoms with Gasteiger partial charge in [-0.15, -0.1) is 6.58 Å². The SMILES string of the molecule is C=CCN(c1ccc(C(C)NC)c(O)c1)C1CC1. The van der Waals surface area contributed by atoms with Crippen LogP contribution in [0.15, 0.2) is 30.9 Å². The van der Waals surface area contributed by atoms with Crippen LogP contribution in [0.4, 0.5) is 5.69 Å². The van der Waals surface area contributed by atoms with Crippen molar-refractivity contribution in [3.8, 4) is 5.75 Å². The molecule has 1 aliphatic carbocycles. The molecule has 2 N–H and O–H groups in total. The molecule has 1 aromatic carbocycles. The van der Waals surface area contributed by atoms with Crippen molar-refractivity contribution in [2.24, 2.45) is 0 Å². The Morgan fingerprint density at radius 2 is 2.28 bits per heavy atom. The van der Waals surface area contributed by atoms with E-state index in [0.717, 1.165) is 17.8 Å². The molecular formula is C15H22N2O. The lowest BCUT2D eigenvalue weighted by molar-refractivity contribution is 0.458. The Morgan fingerprint density at radius 1 is 1.56 bits per heavy atom. The second-order valence-electron chi connectivity index (χ2n) is 4.93. The van der Waals surface area contributed by atoms with Gasteiger partial charge < -0.3 is 15.3 Å². The maximum absolute atomic E-state index is 10.1. The highest BCUT2D eigenvalue weighted by molar-refractivity contribution is 5.55. The first-order valence-electron chi connectivity index (χ1n) is 6.55. The number of benzene rings is 1. The van der Waals surface area contributed by atoms with Gasteiger partial charge in [0, 0.05) is 35.9 Å². The van der Waals surface area contributed by atoms with Crippen LogP contribution in [0.25, 0.3) is 0 Å². The van der Waals surface area contributed by atoms with E-state index in [2.05, 4.69) is 22.9 Å². The Kier molecular flexibility index (Phi) is 3.92. The summed E-state index contributed by atoms with van der Waals surface area (Å²) in [7, 11) is 1.90. The third kappa shape index (κ3) is 2.67. The topological polar surface area (TPSA) is 35.5 Å². The summed E-state index contributed by atoms with van der Waals surface area (Å²) in [5.41, 5.74) is 2.03. The second kappa shape index (κ2) is 5.44. The number of nitrogens with zero attached hydrogens (tertiary/aromatic N) is 1. The van der Waals surface area contributed by atoms with Crippen LogP contribution in [0.3, 0.4) is 0 Å². The molecule has 0 aliphatic heterocycles. The van der Waals surface area contributed by atoms with E-state index in [9.17, 15) is 5.11 Å². The van der Waals surface area contributed by atoms with Crippen LogP contribution >= 0.6 is 0 Å². The monoisotopic (exact) mass is 246 g/mol. The van der Waals surface area contributed by atoms with Crippen molar-refractivity contribution in [3.63, 3.8) is 0 Å². The smallest absolute Gasteiger partial charge is 0.122 e. The molecule has 2 rings (SSSR count). The highest BCUT2D eigenvalue weighted by Crippen LogP contribution is 2.35. The van der Waals surface area contributed by atoms with E-state index in [1.807, 2.05) is 32.2 Å². The van der Waals surface area contributed by atoms with Crippen LogP contribution in [0, 0.1) is 0 Å². The van der Waals surface area contributed by atoms with Crippen molar-refractivity contribution < 1.29 is 5.11 Å². The molecular weight excluding hydrogens is 224 g/mol. The molecule has 0 aromatic heterocycles. The largest absolute Gasteiger partial charge is 0.508 e. The molecule has 1 aliphatic rings. The molecule has 3 heteroatoms. The minimum atomic E-state index is 0.160. The standard InChI is InChI=1S/C15H22N2O/c1-4-9-17(12-5-6-12)13-7-8-14(11(2)16-3)15(18)10-13/h4,7-8,10-12,16,18H,1,5-6,9H2,2-3H3. The van der Waals surface area contributed by atoms with Gasteiger partial charge in [-0.25, -0.2) is 0 Å². The van der Waals surface area contributed by atoms with Gasteiger partial charge in [-0.3, -0.25) is 0 Å². The fraction of sp³-hybridized carbons (Fsp3) is 0.467. The number of phenolic OH excluding ortho intramolecular Hbond substituents is 1. The number of nitrogens with one attached hydrogen (secondary N) is 1. The van der Waals surface area contributed by atoms with E-state index < -0.39 is 0 Å². The van der Waals surface area contributed by atoms with Gasteiger partial charge in [-0.2, -0.15) is 0 Å². The van der Waals surface area contributed by atoms with Crippen molar-refractivity contribution in [1.82, 2.24) is 5.32 Å². The van der Waals surface area contributed by atoms with E-state index in [1.165, 1.54) is 12.8 Å². The third-order valence-corrected chi connectivity index (χ3v) is 3.56. The van der Waals surface area contributed by atoms with Gasteiger partial charge in [0.1, 0.15) is 5.75 Å². The molecule has 0 radical (unpaired) electrons. The van der Waals surface area contributed by atoms with Crippen molar-refractivity contribution in [3.05, 3.63) is 36.4 Å². The van der Waals surface area contributed by atoms with Crippen molar-refractivity contribution >= 4 is 5.69 Å². The maximum atomic E-state index is 10.1. The van der Waals surface area contributed by atoms with Gasteiger partial charge in [-0.05, 0) is 32.9 Å². The van der Waals surface area contributed by atoms with E-state index in [1.54, 1.807) is 0 Å². The van der Waals surface area contributed by atoms with Crippen LogP contribution in [0.1, 0.15) is 31.4 Å². The molecule has 0 amide bonds. The quantitative estimate of drug-likeness (QED) is 0.758. The van der Waals surface area contributed by atoms with Crippen LogP contribution in [0.2, 0.25) is 0 Å². The second-order valence-corrected chi connectivity index (χ2v) is 4.93. The zero-order chi connectivity index (χ0) is 13.1. The summed E-state index contributed by atoms with van der Waals surface area (Å²) in [6.45, 7) is 6.68. The minimum Gasteiger partial charge on any atom is -0.508 e. The first-order valence-corrected chi connectivity index (χ1v) is 6.55. The molecule has 98 valence electrons. The molecule has 1 saturated carbocycles. The number of hydrogen-bond donors (Lipinski definition) is 2. The Labute approximate surface area is 109 Å².